The van der Waals surface area contributed by atoms with E-state index in [2.05, 4.69) is 5.32 Å². The molecule has 1 aliphatic heterocycles. The highest BCUT2D eigenvalue weighted by atomic mass is 16.5. The third kappa shape index (κ3) is 1.99. The van der Waals surface area contributed by atoms with Crippen LogP contribution < -0.4 is 15.0 Å². The number of fused-ring (bicyclic) bond motifs is 1. The van der Waals surface area contributed by atoms with Crippen molar-refractivity contribution in [2.45, 2.75) is 6.92 Å². The summed E-state index contributed by atoms with van der Waals surface area (Å²) < 4.78 is 5.40. The van der Waals surface area contributed by atoms with Crippen LogP contribution in [0.5, 0.6) is 5.75 Å². The van der Waals surface area contributed by atoms with Crippen molar-refractivity contribution in [2.75, 3.05) is 23.9 Å². The molecular formula is C16H16N2O2. The van der Waals surface area contributed by atoms with Crippen LogP contribution in [-0.4, -0.2) is 19.6 Å². The fraction of sp³-hybridized carbons (Fsp3) is 0.188. The number of nitrogens with zero attached hydrogens (tertiary/aromatic N) is 1. The molecule has 2 aromatic carbocycles. The molecule has 0 atom stereocenters. The van der Waals surface area contributed by atoms with Crippen molar-refractivity contribution in [3.63, 3.8) is 0 Å². The number of rotatable bonds is 2. The monoisotopic (exact) mass is 268 g/mol. The maximum atomic E-state index is 12.3. The van der Waals surface area contributed by atoms with Crippen molar-refractivity contribution in [2.24, 2.45) is 0 Å². The summed E-state index contributed by atoms with van der Waals surface area (Å²) in [7, 11) is 1.62. The summed E-state index contributed by atoms with van der Waals surface area (Å²) in [6.45, 7) is 2.29. The Balaban J connectivity index is 2.18. The number of ether oxygens (including phenoxy) is 1. The van der Waals surface area contributed by atoms with Gasteiger partial charge in [-0.1, -0.05) is 18.2 Å². The number of hydrogen-bond donors (Lipinski definition) is 1. The van der Waals surface area contributed by atoms with E-state index in [1.165, 1.54) is 0 Å². The molecule has 1 heterocycles. The number of amides is 1. The standard InChI is InChI=1S/C16H16N2O2/c1-11-7-8-15(20-2)14(9-11)18-13-6-4-3-5-12(13)17-10-16(18)19/h3-9,17H,10H2,1-2H3. The Labute approximate surface area is 118 Å². The molecule has 1 aliphatic rings. The molecule has 0 aromatic heterocycles. The molecule has 20 heavy (non-hydrogen) atoms. The Morgan fingerprint density at radius 1 is 1.15 bits per heavy atom. The van der Waals surface area contributed by atoms with Crippen LogP contribution in [0.4, 0.5) is 17.1 Å². The van der Waals surface area contributed by atoms with Crippen LogP contribution in [0.25, 0.3) is 0 Å². The van der Waals surface area contributed by atoms with Crippen LogP contribution in [0.1, 0.15) is 5.56 Å². The van der Waals surface area contributed by atoms with Crippen LogP contribution in [0.2, 0.25) is 0 Å². The second-order valence-corrected chi connectivity index (χ2v) is 4.78. The highest BCUT2D eigenvalue weighted by Gasteiger charge is 2.27. The number of para-hydroxylation sites is 2. The van der Waals surface area contributed by atoms with Gasteiger partial charge in [0.25, 0.3) is 5.91 Å². The zero-order valence-electron chi connectivity index (χ0n) is 11.5. The summed E-state index contributed by atoms with van der Waals surface area (Å²) in [6.07, 6.45) is 0. The van der Waals surface area contributed by atoms with Crippen LogP contribution in [0.15, 0.2) is 42.5 Å². The van der Waals surface area contributed by atoms with Gasteiger partial charge in [-0.25, -0.2) is 0 Å². The van der Waals surface area contributed by atoms with Crippen molar-refractivity contribution in [1.29, 1.82) is 0 Å². The highest BCUT2D eigenvalue weighted by Crippen LogP contribution is 2.39. The van der Waals surface area contributed by atoms with Crippen LogP contribution >= 0.6 is 0 Å². The average Bonchev–Trinajstić information content (AvgIpc) is 2.47. The van der Waals surface area contributed by atoms with Crippen molar-refractivity contribution < 1.29 is 9.53 Å². The van der Waals surface area contributed by atoms with Gasteiger partial charge in [-0.15, -0.1) is 0 Å². The van der Waals surface area contributed by atoms with Gasteiger partial charge >= 0.3 is 0 Å². The molecule has 0 saturated carbocycles. The molecule has 1 amide bonds. The molecule has 0 unspecified atom stereocenters. The van der Waals surface area contributed by atoms with Crippen molar-refractivity contribution in [3.05, 3.63) is 48.0 Å². The smallest absolute Gasteiger partial charge is 0.251 e. The topological polar surface area (TPSA) is 41.6 Å². The van der Waals surface area contributed by atoms with E-state index in [1.807, 2.05) is 49.4 Å². The van der Waals surface area contributed by atoms with Gasteiger partial charge in [0.05, 0.1) is 30.7 Å². The van der Waals surface area contributed by atoms with Crippen molar-refractivity contribution in [3.8, 4) is 5.75 Å². The molecule has 0 aliphatic carbocycles. The summed E-state index contributed by atoms with van der Waals surface area (Å²) in [4.78, 5) is 14.1. The molecule has 0 spiro atoms. The quantitative estimate of drug-likeness (QED) is 0.910. The lowest BCUT2D eigenvalue weighted by molar-refractivity contribution is -0.116. The zero-order chi connectivity index (χ0) is 14.1. The summed E-state index contributed by atoms with van der Waals surface area (Å²) in [5, 5.41) is 3.13. The van der Waals surface area contributed by atoms with E-state index in [0.29, 0.717) is 5.75 Å². The number of hydrogen-bond acceptors (Lipinski definition) is 3. The first-order valence-corrected chi connectivity index (χ1v) is 6.51. The van der Waals surface area contributed by atoms with Gasteiger partial charge in [0.1, 0.15) is 5.75 Å². The Morgan fingerprint density at radius 2 is 1.95 bits per heavy atom. The molecule has 0 fully saturated rings. The number of methoxy groups -OCH3 is 1. The molecule has 102 valence electrons. The first-order valence-electron chi connectivity index (χ1n) is 6.51. The lowest BCUT2D eigenvalue weighted by atomic mass is 10.1. The second kappa shape index (κ2) is 4.89. The normalized spacial score (nSPS) is 13.7. The summed E-state index contributed by atoms with van der Waals surface area (Å²) in [5.41, 5.74) is 3.68. The first-order chi connectivity index (χ1) is 9.70. The van der Waals surface area contributed by atoms with Gasteiger partial charge in [-0.2, -0.15) is 0 Å². The molecule has 3 rings (SSSR count). The van der Waals surface area contributed by atoms with Gasteiger partial charge < -0.3 is 10.1 Å². The lowest BCUT2D eigenvalue weighted by Crippen LogP contribution is -2.36. The molecule has 1 N–H and O–H groups in total. The SMILES string of the molecule is COc1ccc(C)cc1N1C(=O)CNc2ccccc21. The van der Waals surface area contributed by atoms with E-state index < -0.39 is 0 Å². The number of carbonyl (C=O) groups excluding carboxylic acids is 1. The first kappa shape index (κ1) is 12.5. The summed E-state index contributed by atoms with van der Waals surface area (Å²) in [5.74, 6) is 0.702. The van der Waals surface area contributed by atoms with E-state index in [1.54, 1.807) is 12.0 Å². The third-order valence-corrected chi connectivity index (χ3v) is 3.40. The maximum Gasteiger partial charge on any atom is 0.251 e. The van der Waals surface area contributed by atoms with E-state index >= 15 is 0 Å². The number of aryl methyl sites for hydroxylation is 1. The molecule has 0 saturated heterocycles. The van der Waals surface area contributed by atoms with Gasteiger partial charge in [-0.3, -0.25) is 9.69 Å². The Bertz CT molecular complexity index is 667. The zero-order valence-corrected chi connectivity index (χ0v) is 11.5. The fourth-order valence-electron chi connectivity index (χ4n) is 2.44. The van der Waals surface area contributed by atoms with Gasteiger partial charge in [0.2, 0.25) is 0 Å². The van der Waals surface area contributed by atoms with Crippen LogP contribution in [0.3, 0.4) is 0 Å². The maximum absolute atomic E-state index is 12.3. The van der Waals surface area contributed by atoms with E-state index in [0.717, 1.165) is 22.6 Å². The van der Waals surface area contributed by atoms with Gasteiger partial charge in [0, 0.05) is 0 Å². The Morgan fingerprint density at radius 3 is 2.75 bits per heavy atom. The van der Waals surface area contributed by atoms with Crippen LogP contribution in [0, 0.1) is 6.92 Å². The molecule has 0 radical (unpaired) electrons. The minimum atomic E-state index is 0.00704. The average molecular weight is 268 g/mol. The number of benzene rings is 2. The Hall–Kier alpha value is -2.49. The number of carbonyl (C=O) groups is 1. The lowest BCUT2D eigenvalue weighted by Gasteiger charge is -2.31. The van der Waals surface area contributed by atoms with Crippen LogP contribution in [-0.2, 0) is 4.79 Å². The van der Waals surface area contributed by atoms with E-state index in [4.69, 9.17) is 4.74 Å². The molecule has 4 nitrogen and oxygen atoms in total. The molecule has 0 bridgehead atoms. The number of anilines is 3. The fourth-order valence-corrected chi connectivity index (χ4v) is 2.44. The Kier molecular flexibility index (Phi) is 3.06. The highest BCUT2D eigenvalue weighted by molar-refractivity contribution is 6.09. The molecule has 4 heteroatoms. The van der Waals surface area contributed by atoms with Gasteiger partial charge in [0.15, 0.2) is 0 Å². The summed E-state index contributed by atoms with van der Waals surface area (Å²) in [6, 6.07) is 13.6. The minimum absolute atomic E-state index is 0.00704. The predicted octanol–water partition coefficient (Wildman–Crippen LogP) is 3.09. The van der Waals surface area contributed by atoms with Crippen molar-refractivity contribution >= 4 is 23.0 Å². The third-order valence-electron chi connectivity index (χ3n) is 3.40. The largest absolute Gasteiger partial charge is 0.495 e. The second-order valence-electron chi connectivity index (χ2n) is 4.78. The predicted molar refractivity (Wildman–Crippen MR) is 79.8 cm³/mol. The summed E-state index contributed by atoms with van der Waals surface area (Å²) >= 11 is 0. The van der Waals surface area contributed by atoms with E-state index in [9.17, 15) is 4.79 Å². The molecular weight excluding hydrogens is 252 g/mol. The number of nitrogens with one attached hydrogen (secondary N) is 1. The van der Waals surface area contributed by atoms with E-state index in [-0.39, 0.29) is 12.5 Å². The minimum Gasteiger partial charge on any atom is -0.495 e. The van der Waals surface area contributed by atoms with Crippen molar-refractivity contribution in [1.82, 2.24) is 0 Å². The molecule has 2 aromatic rings. The van der Waals surface area contributed by atoms with Gasteiger partial charge in [-0.05, 0) is 36.8 Å².